The molecule has 0 spiro atoms. The van der Waals surface area contributed by atoms with Crippen molar-refractivity contribution in [2.24, 2.45) is 5.41 Å². The average molecular weight is 577 g/mol. The fourth-order valence-electron chi connectivity index (χ4n) is 6.28. The molecule has 1 aliphatic rings. The van der Waals surface area contributed by atoms with Crippen LogP contribution in [0, 0.1) is 24.0 Å². The minimum atomic E-state index is -0.636. The molecular formula is C32H42F2N8. The van der Waals surface area contributed by atoms with E-state index in [1.165, 1.54) is 25.3 Å². The van der Waals surface area contributed by atoms with Crippen LogP contribution in [0.25, 0.3) is 22.3 Å². The summed E-state index contributed by atoms with van der Waals surface area (Å²) in [6.07, 6.45) is 6.59. The molecule has 4 aromatic rings. The van der Waals surface area contributed by atoms with E-state index in [4.69, 9.17) is 0 Å². The van der Waals surface area contributed by atoms with Crippen LogP contribution in [0.1, 0.15) is 64.4 Å². The molecule has 5 rings (SSSR count). The first-order valence-corrected chi connectivity index (χ1v) is 14.7. The molecule has 42 heavy (non-hydrogen) atoms. The number of piperidine rings is 1. The first-order chi connectivity index (χ1) is 19.9. The van der Waals surface area contributed by atoms with E-state index in [1.807, 2.05) is 43.7 Å². The van der Waals surface area contributed by atoms with Gasteiger partial charge < -0.3 is 14.8 Å². The maximum Gasteiger partial charge on any atom is 0.229 e. The van der Waals surface area contributed by atoms with Gasteiger partial charge >= 0.3 is 0 Å². The lowest BCUT2D eigenvalue weighted by molar-refractivity contribution is 0.0687. The molecule has 224 valence electrons. The monoisotopic (exact) mass is 576 g/mol. The van der Waals surface area contributed by atoms with E-state index < -0.39 is 11.6 Å². The van der Waals surface area contributed by atoms with Crippen LogP contribution in [0.2, 0.25) is 0 Å². The van der Waals surface area contributed by atoms with E-state index in [2.05, 4.69) is 63.0 Å². The van der Waals surface area contributed by atoms with E-state index in [0.717, 1.165) is 31.4 Å². The zero-order valence-electron chi connectivity index (χ0n) is 25.7. The summed E-state index contributed by atoms with van der Waals surface area (Å²) in [5.41, 5.74) is 2.63. The normalized spacial score (nSPS) is 18.7. The van der Waals surface area contributed by atoms with E-state index in [1.54, 1.807) is 6.07 Å². The van der Waals surface area contributed by atoms with Gasteiger partial charge in [0.25, 0.3) is 0 Å². The van der Waals surface area contributed by atoms with Crippen LogP contribution in [-0.4, -0.2) is 67.5 Å². The minimum absolute atomic E-state index is 0.0100. The highest BCUT2D eigenvalue weighted by atomic mass is 19.1. The molecule has 1 aromatic carbocycles. The van der Waals surface area contributed by atoms with E-state index in [-0.39, 0.29) is 23.2 Å². The van der Waals surface area contributed by atoms with Gasteiger partial charge in [-0.3, -0.25) is 4.90 Å². The number of halogens is 2. The SMILES string of the molecule is Cc1nc2c(F)cc(-c3nc(Nc4ccc(CN5CCC[C@@](C)(C[C@@H](C)N(C)C)C5)cn4)ncc3F)cc2n1C(C)C. The van der Waals surface area contributed by atoms with Gasteiger partial charge in [0.05, 0.1) is 11.7 Å². The van der Waals surface area contributed by atoms with Crippen molar-refractivity contribution in [1.29, 1.82) is 0 Å². The maximum atomic E-state index is 15.0. The molecule has 0 saturated carbocycles. The molecule has 1 saturated heterocycles. The standard InChI is InChI=1S/C32H42F2N8/c1-20(2)42-22(4)37-30-25(33)13-24(14-27(30)42)29-26(34)17-36-31(39-29)38-28-10-9-23(16-35-28)18-41-12-8-11-32(5,19-41)15-21(3)40(6)7/h9-10,13-14,16-17,20-21H,8,11-12,15,18-19H2,1-7H3,(H,35,36,38,39)/t21-,32+/m1/s1. The molecular weight excluding hydrogens is 534 g/mol. The van der Waals surface area contributed by atoms with Crippen LogP contribution in [0.15, 0.2) is 36.7 Å². The largest absolute Gasteiger partial charge is 0.326 e. The summed E-state index contributed by atoms with van der Waals surface area (Å²) in [5, 5.41) is 3.07. The van der Waals surface area contributed by atoms with Crippen LogP contribution in [-0.2, 0) is 6.54 Å². The molecule has 1 aliphatic heterocycles. The Labute approximate surface area is 247 Å². The number of nitrogens with one attached hydrogen (secondary N) is 1. The Morgan fingerprint density at radius 3 is 2.52 bits per heavy atom. The summed E-state index contributed by atoms with van der Waals surface area (Å²) >= 11 is 0. The molecule has 3 aromatic heterocycles. The van der Waals surface area contributed by atoms with Gasteiger partial charge in [-0.1, -0.05) is 13.0 Å². The summed E-state index contributed by atoms with van der Waals surface area (Å²) < 4.78 is 31.9. The van der Waals surface area contributed by atoms with E-state index in [9.17, 15) is 4.39 Å². The van der Waals surface area contributed by atoms with Crippen molar-refractivity contribution >= 4 is 22.8 Å². The summed E-state index contributed by atoms with van der Waals surface area (Å²) in [6, 6.07) is 7.55. The lowest BCUT2D eigenvalue weighted by Crippen LogP contribution is -2.44. The molecule has 1 fully saturated rings. The number of hydrogen-bond donors (Lipinski definition) is 1. The predicted molar refractivity (Wildman–Crippen MR) is 164 cm³/mol. The van der Waals surface area contributed by atoms with Gasteiger partial charge in [-0.25, -0.2) is 28.7 Å². The molecule has 4 heterocycles. The number of pyridine rings is 1. The lowest BCUT2D eigenvalue weighted by Gasteiger charge is -2.43. The van der Waals surface area contributed by atoms with Gasteiger partial charge in [-0.15, -0.1) is 0 Å². The van der Waals surface area contributed by atoms with Gasteiger partial charge in [-0.05, 0) is 96.8 Å². The number of nitrogens with zero attached hydrogens (tertiary/aromatic N) is 7. The minimum Gasteiger partial charge on any atom is -0.326 e. The number of benzene rings is 1. The molecule has 0 amide bonds. The number of anilines is 2. The molecule has 0 aliphatic carbocycles. The van der Waals surface area contributed by atoms with Crippen molar-refractivity contribution in [3.8, 4) is 11.3 Å². The zero-order chi connectivity index (χ0) is 30.2. The van der Waals surface area contributed by atoms with Crippen molar-refractivity contribution in [2.75, 3.05) is 32.5 Å². The van der Waals surface area contributed by atoms with Crippen molar-refractivity contribution in [2.45, 2.75) is 72.5 Å². The number of imidazole rings is 1. The second-order valence-electron chi connectivity index (χ2n) is 12.7. The molecule has 10 heteroatoms. The summed E-state index contributed by atoms with van der Waals surface area (Å²) in [4.78, 5) is 22.3. The summed E-state index contributed by atoms with van der Waals surface area (Å²) in [5.74, 6) is 0.279. The number of likely N-dealkylation sites (tertiary alicyclic amines) is 1. The van der Waals surface area contributed by atoms with E-state index in [0.29, 0.717) is 34.2 Å². The first-order valence-electron chi connectivity index (χ1n) is 14.7. The lowest BCUT2D eigenvalue weighted by atomic mass is 9.77. The van der Waals surface area contributed by atoms with E-state index >= 15 is 4.39 Å². The maximum absolute atomic E-state index is 15.0. The highest BCUT2D eigenvalue weighted by Crippen LogP contribution is 2.35. The van der Waals surface area contributed by atoms with Crippen LogP contribution in [0.5, 0.6) is 0 Å². The predicted octanol–water partition coefficient (Wildman–Crippen LogP) is 6.74. The molecule has 0 bridgehead atoms. The first kappa shape index (κ1) is 30.0. The third-order valence-electron chi connectivity index (χ3n) is 8.46. The Bertz CT molecular complexity index is 1550. The highest BCUT2D eigenvalue weighted by Gasteiger charge is 2.32. The van der Waals surface area contributed by atoms with Crippen LogP contribution in [0.4, 0.5) is 20.5 Å². The molecule has 2 atom stereocenters. The zero-order valence-corrected chi connectivity index (χ0v) is 25.7. The van der Waals surface area contributed by atoms with Crippen LogP contribution < -0.4 is 5.32 Å². The summed E-state index contributed by atoms with van der Waals surface area (Å²) in [6.45, 7) is 13.5. The Morgan fingerprint density at radius 1 is 1.05 bits per heavy atom. The Hall–Kier alpha value is -3.50. The van der Waals surface area contributed by atoms with Gasteiger partial charge in [0.15, 0.2) is 11.6 Å². The topological polar surface area (TPSA) is 75.0 Å². The molecule has 0 radical (unpaired) electrons. The number of aromatic nitrogens is 5. The Kier molecular flexibility index (Phi) is 8.57. The second kappa shape index (κ2) is 12.0. The fourth-order valence-corrected chi connectivity index (χ4v) is 6.28. The van der Waals surface area contributed by atoms with Gasteiger partial charge in [0, 0.05) is 36.9 Å². The number of hydrogen-bond acceptors (Lipinski definition) is 7. The molecule has 8 nitrogen and oxygen atoms in total. The van der Waals surface area contributed by atoms with Crippen molar-refractivity contribution in [3.63, 3.8) is 0 Å². The average Bonchev–Trinajstić information content (AvgIpc) is 3.27. The third-order valence-corrected chi connectivity index (χ3v) is 8.46. The van der Waals surface area contributed by atoms with Crippen LogP contribution in [0.3, 0.4) is 0 Å². The van der Waals surface area contributed by atoms with Crippen LogP contribution >= 0.6 is 0 Å². The van der Waals surface area contributed by atoms with Crippen molar-refractivity contribution in [3.05, 3.63) is 59.7 Å². The Morgan fingerprint density at radius 2 is 1.83 bits per heavy atom. The van der Waals surface area contributed by atoms with Gasteiger partial charge in [0.1, 0.15) is 22.9 Å². The number of fused-ring (bicyclic) bond motifs is 1. The second-order valence-corrected chi connectivity index (χ2v) is 12.7. The molecule has 0 unspecified atom stereocenters. The third kappa shape index (κ3) is 6.44. The fraction of sp³-hybridized carbons (Fsp3) is 0.500. The summed E-state index contributed by atoms with van der Waals surface area (Å²) in [7, 11) is 4.30. The quantitative estimate of drug-likeness (QED) is 0.236. The Balaban J connectivity index is 1.30. The number of aryl methyl sites for hydroxylation is 1. The number of rotatable bonds is 9. The van der Waals surface area contributed by atoms with Gasteiger partial charge in [0.2, 0.25) is 5.95 Å². The van der Waals surface area contributed by atoms with Gasteiger partial charge in [-0.2, -0.15) is 0 Å². The smallest absolute Gasteiger partial charge is 0.229 e. The molecule has 1 N–H and O–H groups in total. The van der Waals surface area contributed by atoms with Crippen molar-refractivity contribution < 1.29 is 8.78 Å². The highest BCUT2D eigenvalue weighted by molar-refractivity contribution is 5.83. The van der Waals surface area contributed by atoms with Crippen molar-refractivity contribution in [1.82, 2.24) is 34.3 Å².